The van der Waals surface area contributed by atoms with Crippen molar-refractivity contribution in [1.29, 1.82) is 0 Å². The number of allylic oxidation sites excluding steroid dienone is 1. The lowest BCUT2D eigenvalue weighted by Gasteiger charge is -2.08. The summed E-state index contributed by atoms with van der Waals surface area (Å²) in [6.07, 6.45) is 15.6. The quantitative estimate of drug-likeness (QED) is 0.796. The molecule has 20 heavy (non-hydrogen) atoms. The first-order valence-electron chi connectivity index (χ1n) is 7.29. The van der Waals surface area contributed by atoms with Gasteiger partial charge in [-0.3, -0.25) is 0 Å². The maximum absolute atomic E-state index is 4.03. The van der Waals surface area contributed by atoms with E-state index in [1.54, 1.807) is 0 Å². The van der Waals surface area contributed by atoms with E-state index in [0.29, 0.717) is 0 Å². The van der Waals surface area contributed by atoms with Gasteiger partial charge in [-0.2, -0.15) is 0 Å². The first kappa shape index (κ1) is 13.5. The maximum atomic E-state index is 4.03. The molecule has 0 aliphatic heterocycles. The number of thioether (sulfide) groups is 1. The van der Waals surface area contributed by atoms with Crippen molar-refractivity contribution < 1.29 is 0 Å². The van der Waals surface area contributed by atoms with E-state index in [-0.39, 0.29) is 0 Å². The molecule has 2 aromatic rings. The van der Waals surface area contributed by atoms with Crippen LogP contribution in [0.15, 0.2) is 54.0 Å². The molecule has 0 N–H and O–H groups in total. The fourth-order valence-electron chi connectivity index (χ4n) is 2.56. The van der Waals surface area contributed by atoms with E-state index in [1.165, 1.54) is 36.1 Å². The van der Waals surface area contributed by atoms with Gasteiger partial charge in [0.2, 0.25) is 0 Å². The third-order valence-electron chi connectivity index (χ3n) is 3.67. The van der Waals surface area contributed by atoms with Crippen molar-refractivity contribution in [2.45, 2.75) is 42.4 Å². The number of hydrogen-bond donors (Lipinski definition) is 0. The molecule has 1 aliphatic rings. The minimum absolute atomic E-state index is 0.845. The van der Waals surface area contributed by atoms with Crippen LogP contribution in [0.5, 0.6) is 0 Å². The lowest BCUT2D eigenvalue weighted by Crippen LogP contribution is -1.92. The first-order chi connectivity index (χ1) is 9.90. The highest BCUT2D eigenvalue weighted by Gasteiger charge is 2.15. The van der Waals surface area contributed by atoms with Crippen LogP contribution in [-0.4, -0.2) is 14.8 Å². The fourth-order valence-corrected chi connectivity index (χ4v) is 3.81. The maximum Gasteiger partial charge on any atom is 0.0948 e. The summed E-state index contributed by atoms with van der Waals surface area (Å²) in [5, 5.41) is 0.845. The summed E-state index contributed by atoms with van der Waals surface area (Å²) in [6, 6.07) is 8.92. The van der Waals surface area contributed by atoms with Crippen LogP contribution in [0, 0.1) is 0 Å². The molecule has 3 heteroatoms. The van der Waals surface area contributed by atoms with Gasteiger partial charge in [0.05, 0.1) is 6.33 Å². The van der Waals surface area contributed by atoms with Crippen molar-refractivity contribution in [1.82, 2.24) is 9.55 Å². The Morgan fingerprint density at radius 1 is 1.20 bits per heavy atom. The molecule has 0 spiro atoms. The molecule has 1 aromatic carbocycles. The van der Waals surface area contributed by atoms with E-state index in [9.17, 15) is 0 Å². The molecule has 1 aliphatic carbocycles. The van der Waals surface area contributed by atoms with Crippen LogP contribution >= 0.6 is 11.8 Å². The Morgan fingerprint density at radius 3 is 2.70 bits per heavy atom. The van der Waals surface area contributed by atoms with E-state index < -0.39 is 0 Å². The minimum atomic E-state index is 0.845. The van der Waals surface area contributed by atoms with Gasteiger partial charge < -0.3 is 4.57 Å². The average Bonchev–Trinajstić information content (AvgIpc) is 3.14. The molecule has 1 fully saturated rings. The molecule has 3 rings (SSSR count). The van der Waals surface area contributed by atoms with E-state index in [1.807, 2.05) is 30.5 Å². The van der Waals surface area contributed by atoms with Crippen LogP contribution in [0.25, 0.3) is 6.08 Å². The van der Waals surface area contributed by atoms with Gasteiger partial charge in [0.25, 0.3) is 0 Å². The molecule has 1 heterocycles. The molecular weight excluding hydrogens is 264 g/mol. The predicted octanol–water partition coefficient (Wildman–Crippen LogP) is 4.63. The molecule has 0 unspecified atom stereocenters. The summed E-state index contributed by atoms with van der Waals surface area (Å²) >= 11 is 2.05. The van der Waals surface area contributed by atoms with Crippen molar-refractivity contribution in [2.75, 3.05) is 0 Å². The third-order valence-corrected chi connectivity index (χ3v) is 5.02. The molecule has 0 amide bonds. The van der Waals surface area contributed by atoms with Crippen molar-refractivity contribution in [2.24, 2.45) is 0 Å². The number of rotatable bonds is 5. The van der Waals surface area contributed by atoms with Gasteiger partial charge in [-0.25, -0.2) is 4.98 Å². The largest absolute Gasteiger partial charge is 0.334 e. The Kier molecular flexibility index (Phi) is 4.59. The Labute approximate surface area is 124 Å². The van der Waals surface area contributed by atoms with Crippen LogP contribution in [0.3, 0.4) is 0 Å². The molecule has 0 radical (unpaired) electrons. The second-order valence-electron chi connectivity index (χ2n) is 5.26. The number of benzene rings is 1. The molecule has 1 aromatic heterocycles. The Bertz CT molecular complexity index is 537. The molecular formula is C17H20N2S. The second-order valence-corrected chi connectivity index (χ2v) is 6.63. The molecule has 1 saturated carbocycles. The summed E-state index contributed by atoms with van der Waals surface area (Å²) in [5.41, 5.74) is 1.26. The summed E-state index contributed by atoms with van der Waals surface area (Å²) in [6.45, 7) is 0.874. The molecule has 0 atom stereocenters. The van der Waals surface area contributed by atoms with Crippen molar-refractivity contribution in [3.05, 3.63) is 54.6 Å². The van der Waals surface area contributed by atoms with Crippen LogP contribution in [-0.2, 0) is 6.54 Å². The minimum Gasteiger partial charge on any atom is -0.334 e. The Hall–Kier alpha value is -1.48. The van der Waals surface area contributed by atoms with Gasteiger partial charge in [-0.1, -0.05) is 37.1 Å². The number of aromatic nitrogens is 2. The van der Waals surface area contributed by atoms with Crippen molar-refractivity contribution in [3.8, 4) is 0 Å². The Balaban J connectivity index is 1.54. The van der Waals surface area contributed by atoms with Crippen LogP contribution in [0.1, 0.15) is 31.2 Å². The predicted molar refractivity (Wildman–Crippen MR) is 85.8 cm³/mol. The van der Waals surface area contributed by atoms with E-state index in [0.717, 1.165) is 11.8 Å². The molecule has 0 saturated heterocycles. The highest BCUT2D eigenvalue weighted by atomic mass is 32.2. The summed E-state index contributed by atoms with van der Waals surface area (Å²) in [4.78, 5) is 5.44. The van der Waals surface area contributed by atoms with Gasteiger partial charge in [0.15, 0.2) is 0 Å². The van der Waals surface area contributed by atoms with E-state index in [4.69, 9.17) is 0 Å². The van der Waals surface area contributed by atoms with Gasteiger partial charge in [-0.05, 0) is 30.5 Å². The monoisotopic (exact) mass is 284 g/mol. The lowest BCUT2D eigenvalue weighted by atomic mass is 10.2. The summed E-state index contributed by atoms with van der Waals surface area (Å²) in [7, 11) is 0. The number of nitrogens with zero attached hydrogens (tertiary/aromatic N) is 2. The SMILES string of the molecule is C(=Cc1ccc(SC2CCCC2)cc1)Cn1ccnc1. The Morgan fingerprint density at radius 2 is 2.00 bits per heavy atom. The van der Waals surface area contributed by atoms with Crippen LogP contribution < -0.4 is 0 Å². The highest BCUT2D eigenvalue weighted by Crippen LogP contribution is 2.34. The number of imidazole rings is 1. The first-order valence-corrected chi connectivity index (χ1v) is 8.17. The standard InChI is InChI=1S/C17H20N2S/c1-2-6-16(5-1)20-17-9-7-15(8-10-17)4-3-12-19-13-11-18-14-19/h3-4,7-11,13-14,16H,1-2,5-6,12H2. The van der Waals surface area contributed by atoms with Crippen LogP contribution in [0.2, 0.25) is 0 Å². The molecule has 0 bridgehead atoms. The second kappa shape index (κ2) is 6.80. The van der Waals surface area contributed by atoms with E-state index in [2.05, 4.69) is 46.0 Å². The smallest absolute Gasteiger partial charge is 0.0948 e. The summed E-state index contributed by atoms with van der Waals surface area (Å²) in [5.74, 6) is 0. The van der Waals surface area contributed by atoms with Gasteiger partial charge in [0, 0.05) is 29.1 Å². The van der Waals surface area contributed by atoms with Crippen LogP contribution in [0.4, 0.5) is 0 Å². The van der Waals surface area contributed by atoms with Gasteiger partial charge in [-0.15, -0.1) is 11.8 Å². The molecule has 2 nitrogen and oxygen atoms in total. The third kappa shape index (κ3) is 3.76. The van der Waals surface area contributed by atoms with Gasteiger partial charge >= 0.3 is 0 Å². The lowest BCUT2D eigenvalue weighted by molar-refractivity contribution is 0.823. The van der Waals surface area contributed by atoms with Crippen molar-refractivity contribution >= 4 is 17.8 Å². The zero-order chi connectivity index (χ0) is 13.6. The highest BCUT2D eigenvalue weighted by molar-refractivity contribution is 8.00. The van der Waals surface area contributed by atoms with E-state index >= 15 is 0 Å². The van der Waals surface area contributed by atoms with Crippen molar-refractivity contribution in [3.63, 3.8) is 0 Å². The number of hydrogen-bond acceptors (Lipinski definition) is 2. The topological polar surface area (TPSA) is 17.8 Å². The fraction of sp³-hybridized carbons (Fsp3) is 0.353. The molecule has 104 valence electrons. The zero-order valence-corrected chi connectivity index (χ0v) is 12.4. The van der Waals surface area contributed by atoms with Gasteiger partial charge in [0.1, 0.15) is 0 Å². The zero-order valence-electron chi connectivity index (χ0n) is 11.6. The normalized spacial score (nSPS) is 16.2. The average molecular weight is 284 g/mol. The summed E-state index contributed by atoms with van der Waals surface area (Å²) < 4.78 is 2.06.